The fraction of sp³-hybridized carbons (Fsp3) is 1.00. The summed E-state index contributed by atoms with van der Waals surface area (Å²) < 4.78 is 11.1. The fourth-order valence-electron chi connectivity index (χ4n) is 1.88. The Morgan fingerprint density at radius 3 is 2.67 bits per heavy atom. The molecular weight excluding hydrogens is 192 g/mol. The fourth-order valence-corrected chi connectivity index (χ4v) is 1.88. The van der Waals surface area contributed by atoms with Gasteiger partial charge in [0.05, 0.1) is 25.4 Å². The van der Waals surface area contributed by atoms with Crippen molar-refractivity contribution in [3.05, 3.63) is 0 Å². The number of unbranched alkanes of at least 4 members (excludes halogenated alkanes) is 3. The quantitative estimate of drug-likeness (QED) is 0.632. The highest BCUT2D eigenvalue weighted by Crippen LogP contribution is 2.19. The minimum atomic E-state index is 0.0543. The average Bonchev–Trinajstić information content (AvgIpc) is 2.71. The second-order valence-electron chi connectivity index (χ2n) is 4.28. The standard InChI is InChI=1S/C12H24O3/c1-2-3-4-5-8-14-10-12-7-6-11(9-13)15-12/h11-13H,2-10H2,1H3. The predicted molar refractivity (Wildman–Crippen MR) is 59.9 cm³/mol. The van der Waals surface area contributed by atoms with Crippen LogP contribution in [0.25, 0.3) is 0 Å². The van der Waals surface area contributed by atoms with Gasteiger partial charge in [0.15, 0.2) is 0 Å². The summed E-state index contributed by atoms with van der Waals surface area (Å²) in [6.45, 7) is 3.90. The Balaban J connectivity index is 1.88. The van der Waals surface area contributed by atoms with E-state index in [0.717, 1.165) is 25.9 Å². The largest absolute Gasteiger partial charge is 0.394 e. The van der Waals surface area contributed by atoms with Crippen molar-refractivity contribution in [3.63, 3.8) is 0 Å². The Morgan fingerprint density at radius 1 is 1.20 bits per heavy atom. The first-order valence-electron chi connectivity index (χ1n) is 6.21. The van der Waals surface area contributed by atoms with Gasteiger partial charge in [0, 0.05) is 6.61 Å². The lowest BCUT2D eigenvalue weighted by Crippen LogP contribution is -2.19. The van der Waals surface area contributed by atoms with Crippen LogP contribution in [-0.2, 0) is 9.47 Å². The van der Waals surface area contributed by atoms with Crippen LogP contribution in [0.4, 0.5) is 0 Å². The van der Waals surface area contributed by atoms with Crippen molar-refractivity contribution in [2.75, 3.05) is 19.8 Å². The maximum absolute atomic E-state index is 8.89. The number of aliphatic hydroxyl groups is 1. The number of hydrogen-bond donors (Lipinski definition) is 1. The van der Waals surface area contributed by atoms with Gasteiger partial charge in [0.1, 0.15) is 0 Å². The van der Waals surface area contributed by atoms with Crippen LogP contribution in [0.15, 0.2) is 0 Å². The Labute approximate surface area is 92.8 Å². The average molecular weight is 216 g/mol. The minimum absolute atomic E-state index is 0.0543. The third kappa shape index (κ3) is 5.50. The Kier molecular flexibility index (Phi) is 6.98. The molecule has 0 bridgehead atoms. The highest BCUT2D eigenvalue weighted by atomic mass is 16.5. The molecule has 0 aromatic heterocycles. The van der Waals surface area contributed by atoms with E-state index in [-0.39, 0.29) is 18.8 Å². The monoisotopic (exact) mass is 216 g/mol. The van der Waals surface area contributed by atoms with Gasteiger partial charge in [0.25, 0.3) is 0 Å². The van der Waals surface area contributed by atoms with Gasteiger partial charge >= 0.3 is 0 Å². The molecule has 0 amide bonds. The maximum Gasteiger partial charge on any atom is 0.0814 e. The van der Waals surface area contributed by atoms with Crippen LogP contribution in [0.5, 0.6) is 0 Å². The zero-order valence-corrected chi connectivity index (χ0v) is 9.78. The first-order valence-corrected chi connectivity index (χ1v) is 6.21. The third-order valence-corrected chi connectivity index (χ3v) is 2.85. The van der Waals surface area contributed by atoms with Crippen molar-refractivity contribution < 1.29 is 14.6 Å². The van der Waals surface area contributed by atoms with Gasteiger partial charge in [-0.3, -0.25) is 0 Å². The topological polar surface area (TPSA) is 38.7 Å². The van der Waals surface area contributed by atoms with Crippen LogP contribution in [-0.4, -0.2) is 37.1 Å². The van der Waals surface area contributed by atoms with E-state index in [2.05, 4.69) is 6.92 Å². The Bertz CT molecular complexity index is 150. The molecule has 1 aliphatic heterocycles. The van der Waals surface area contributed by atoms with Crippen molar-refractivity contribution in [3.8, 4) is 0 Å². The highest BCUT2D eigenvalue weighted by Gasteiger charge is 2.24. The molecule has 1 saturated heterocycles. The van der Waals surface area contributed by atoms with Crippen molar-refractivity contribution >= 4 is 0 Å². The van der Waals surface area contributed by atoms with Gasteiger partial charge in [-0.25, -0.2) is 0 Å². The molecule has 2 unspecified atom stereocenters. The lowest BCUT2D eigenvalue weighted by atomic mass is 10.2. The molecule has 0 spiro atoms. The molecule has 15 heavy (non-hydrogen) atoms. The van der Waals surface area contributed by atoms with Crippen LogP contribution in [0, 0.1) is 0 Å². The van der Waals surface area contributed by atoms with Crippen molar-refractivity contribution in [1.82, 2.24) is 0 Å². The summed E-state index contributed by atoms with van der Waals surface area (Å²) in [7, 11) is 0. The van der Waals surface area contributed by atoms with Crippen LogP contribution < -0.4 is 0 Å². The predicted octanol–water partition coefficient (Wildman–Crippen LogP) is 2.12. The summed E-state index contributed by atoms with van der Waals surface area (Å²) in [6.07, 6.45) is 7.26. The number of hydrogen-bond acceptors (Lipinski definition) is 3. The molecule has 3 heteroatoms. The van der Waals surface area contributed by atoms with Crippen molar-refractivity contribution in [1.29, 1.82) is 0 Å². The highest BCUT2D eigenvalue weighted by molar-refractivity contribution is 4.72. The molecule has 1 fully saturated rings. The summed E-state index contributed by atoms with van der Waals surface area (Å²) in [6, 6.07) is 0. The van der Waals surface area contributed by atoms with Crippen molar-refractivity contribution in [2.45, 2.75) is 57.7 Å². The summed E-state index contributed by atoms with van der Waals surface area (Å²) in [4.78, 5) is 0. The van der Waals surface area contributed by atoms with Crippen LogP contribution in [0.1, 0.15) is 45.4 Å². The van der Waals surface area contributed by atoms with Crippen molar-refractivity contribution in [2.24, 2.45) is 0 Å². The molecule has 1 rings (SSSR count). The summed E-state index contributed by atoms with van der Waals surface area (Å²) >= 11 is 0. The zero-order valence-electron chi connectivity index (χ0n) is 9.78. The molecule has 90 valence electrons. The van der Waals surface area contributed by atoms with Crippen LogP contribution in [0.3, 0.4) is 0 Å². The van der Waals surface area contributed by atoms with E-state index in [0.29, 0.717) is 6.61 Å². The summed E-state index contributed by atoms with van der Waals surface area (Å²) in [5.41, 5.74) is 0. The van der Waals surface area contributed by atoms with E-state index in [4.69, 9.17) is 14.6 Å². The summed E-state index contributed by atoms with van der Waals surface area (Å²) in [5, 5.41) is 8.89. The molecule has 0 aliphatic carbocycles. The second kappa shape index (κ2) is 8.08. The van der Waals surface area contributed by atoms with Gasteiger partial charge in [-0.2, -0.15) is 0 Å². The minimum Gasteiger partial charge on any atom is -0.394 e. The number of aliphatic hydroxyl groups excluding tert-OH is 1. The molecule has 3 nitrogen and oxygen atoms in total. The lowest BCUT2D eigenvalue weighted by Gasteiger charge is -2.12. The van der Waals surface area contributed by atoms with E-state index < -0.39 is 0 Å². The Morgan fingerprint density at radius 2 is 2.00 bits per heavy atom. The second-order valence-corrected chi connectivity index (χ2v) is 4.28. The van der Waals surface area contributed by atoms with Gasteiger partial charge < -0.3 is 14.6 Å². The molecule has 0 aromatic rings. The molecule has 1 N–H and O–H groups in total. The molecule has 0 radical (unpaired) electrons. The molecule has 0 saturated carbocycles. The first kappa shape index (κ1) is 12.9. The van der Waals surface area contributed by atoms with Crippen LogP contribution in [0.2, 0.25) is 0 Å². The Hall–Kier alpha value is -0.120. The van der Waals surface area contributed by atoms with Gasteiger partial charge in [-0.1, -0.05) is 26.2 Å². The molecule has 0 aromatic carbocycles. The third-order valence-electron chi connectivity index (χ3n) is 2.85. The maximum atomic E-state index is 8.89. The molecule has 1 heterocycles. The normalized spacial score (nSPS) is 26.0. The zero-order chi connectivity index (χ0) is 10.9. The summed E-state index contributed by atoms with van der Waals surface area (Å²) in [5.74, 6) is 0. The molecule has 2 atom stereocenters. The lowest BCUT2D eigenvalue weighted by molar-refractivity contribution is -0.0318. The van der Waals surface area contributed by atoms with Gasteiger partial charge in [-0.15, -0.1) is 0 Å². The first-order chi connectivity index (χ1) is 7.36. The van der Waals surface area contributed by atoms with E-state index >= 15 is 0 Å². The molecule has 1 aliphatic rings. The molecular formula is C12H24O3. The number of rotatable bonds is 8. The SMILES string of the molecule is CCCCCCOCC1CCC(CO)O1. The van der Waals surface area contributed by atoms with Gasteiger partial charge in [-0.05, 0) is 19.3 Å². The van der Waals surface area contributed by atoms with E-state index in [1.165, 1.54) is 19.3 Å². The van der Waals surface area contributed by atoms with Gasteiger partial charge in [0.2, 0.25) is 0 Å². The van der Waals surface area contributed by atoms with Crippen LogP contribution >= 0.6 is 0 Å². The smallest absolute Gasteiger partial charge is 0.0814 e. The van der Waals surface area contributed by atoms with E-state index in [1.807, 2.05) is 0 Å². The van der Waals surface area contributed by atoms with E-state index in [9.17, 15) is 0 Å². The number of ether oxygens (including phenoxy) is 2. The van der Waals surface area contributed by atoms with E-state index in [1.54, 1.807) is 0 Å².